The molecule has 0 saturated heterocycles. The Labute approximate surface area is 124 Å². The van der Waals surface area contributed by atoms with Gasteiger partial charge in [-0.1, -0.05) is 11.6 Å². The standard InChI is InChI=1S/C12H19ClN2O4S/c1-8(7-18-2)15-20(16,17)11-5-10(13)4-9(6-14)12(11)19-3/h4-5,8,15H,6-7,14H2,1-3H3. The molecular formula is C12H19ClN2O4S. The lowest BCUT2D eigenvalue weighted by Crippen LogP contribution is -2.35. The third-order valence-corrected chi connectivity index (χ3v) is 4.40. The highest BCUT2D eigenvalue weighted by molar-refractivity contribution is 7.89. The second-order valence-electron chi connectivity index (χ2n) is 4.28. The summed E-state index contributed by atoms with van der Waals surface area (Å²) in [6.45, 7) is 2.08. The third kappa shape index (κ3) is 4.07. The second kappa shape index (κ2) is 7.24. The van der Waals surface area contributed by atoms with E-state index in [9.17, 15) is 8.42 Å². The fourth-order valence-electron chi connectivity index (χ4n) is 1.82. The molecule has 6 nitrogen and oxygen atoms in total. The molecule has 114 valence electrons. The van der Waals surface area contributed by atoms with Crippen LogP contribution in [0.2, 0.25) is 5.02 Å². The smallest absolute Gasteiger partial charge is 0.244 e. The van der Waals surface area contributed by atoms with Gasteiger partial charge in [-0.15, -0.1) is 0 Å². The average Bonchev–Trinajstić information content (AvgIpc) is 2.37. The van der Waals surface area contributed by atoms with Gasteiger partial charge in [0.25, 0.3) is 0 Å². The van der Waals surface area contributed by atoms with E-state index in [1.165, 1.54) is 20.3 Å². The lowest BCUT2D eigenvalue weighted by atomic mass is 10.2. The van der Waals surface area contributed by atoms with Crippen molar-refractivity contribution < 1.29 is 17.9 Å². The molecule has 1 aromatic carbocycles. The quantitative estimate of drug-likeness (QED) is 0.785. The largest absolute Gasteiger partial charge is 0.495 e. The van der Waals surface area contributed by atoms with Gasteiger partial charge in [-0.2, -0.15) is 0 Å². The Hall–Kier alpha value is -0.860. The maximum atomic E-state index is 12.4. The molecule has 0 fully saturated rings. The third-order valence-electron chi connectivity index (χ3n) is 2.58. The van der Waals surface area contributed by atoms with E-state index in [4.69, 9.17) is 26.8 Å². The van der Waals surface area contributed by atoms with E-state index in [0.29, 0.717) is 5.56 Å². The zero-order chi connectivity index (χ0) is 15.3. The summed E-state index contributed by atoms with van der Waals surface area (Å²) in [5.41, 5.74) is 6.11. The number of hydrogen-bond donors (Lipinski definition) is 2. The van der Waals surface area contributed by atoms with Gasteiger partial charge in [0, 0.05) is 30.3 Å². The summed E-state index contributed by atoms with van der Waals surface area (Å²) in [6, 6.07) is 2.54. The van der Waals surface area contributed by atoms with Crippen LogP contribution < -0.4 is 15.2 Å². The van der Waals surface area contributed by atoms with Crippen molar-refractivity contribution in [3.8, 4) is 5.75 Å². The van der Waals surface area contributed by atoms with Crippen LogP contribution in [0.4, 0.5) is 0 Å². The lowest BCUT2D eigenvalue weighted by Gasteiger charge is -2.17. The topological polar surface area (TPSA) is 90.7 Å². The fourth-order valence-corrected chi connectivity index (χ4v) is 3.59. The molecule has 0 heterocycles. The first-order chi connectivity index (χ1) is 9.35. The number of rotatable bonds is 7. The maximum Gasteiger partial charge on any atom is 0.244 e. The van der Waals surface area contributed by atoms with Gasteiger partial charge >= 0.3 is 0 Å². The van der Waals surface area contributed by atoms with Crippen LogP contribution in [0.5, 0.6) is 5.75 Å². The minimum atomic E-state index is -3.77. The number of hydrogen-bond acceptors (Lipinski definition) is 5. The van der Waals surface area contributed by atoms with E-state index in [0.717, 1.165) is 0 Å². The Morgan fingerprint density at radius 1 is 1.40 bits per heavy atom. The molecule has 0 amide bonds. The van der Waals surface area contributed by atoms with Gasteiger partial charge in [-0.3, -0.25) is 0 Å². The van der Waals surface area contributed by atoms with Crippen molar-refractivity contribution in [2.24, 2.45) is 5.73 Å². The van der Waals surface area contributed by atoms with Gasteiger partial charge in [0.1, 0.15) is 10.6 Å². The van der Waals surface area contributed by atoms with Crippen LogP contribution in [-0.2, 0) is 21.3 Å². The first-order valence-corrected chi connectivity index (χ1v) is 7.79. The van der Waals surface area contributed by atoms with Crippen LogP contribution in [0.1, 0.15) is 12.5 Å². The predicted octanol–water partition coefficient (Wildman–Crippen LogP) is 1.12. The van der Waals surface area contributed by atoms with Crippen LogP contribution in [0, 0.1) is 0 Å². The number of ether oxygens (including phenoxy) is 2. The zero-order valence-electron chi connectivity index (χ0n) is 11.6. The van der Waals surface area contributed by atoms with Crippen molar-refractivity contribution in [1.29, 1.82) is 0 Å². The van der Waals surface area contributed by atoms with Crippen LogP contribution in [0.25, 0.3) is 0 Å². The first-order valence-electron chi connectivity index (χ1n) is 5.93. The average molecular weight is 323 g/mol. The monoisotopic (exact) mass is 322 g/mol. The van der Waals surface area contributed by atoms with Crippen molar-refractivity contribution in [2.75, 3.05) is 20.8 Å². The van der Waals surface area contributed by atoms with Gasteiger partial charge in [-0.25, -0.2) is 13.1 Å². The number of benzene rings is 1. The lowest BCUT2D eigenvalue weighted by molar-refractivity contribution is 0.180. The predicted molar refractivity (Wildman–Crippen MR) is 77.6 cm³/mol. The van der Waals surface area contributed by atoms with Crippen molar-refractivity contribution >= 4 is 21.6 Å². The summed E-state index contributed by atoms with van der Waals surface area (Å²) < 4.78 is 37.3. The normalized spacial score (nSPS) is 13.2. The summed E-state index contributed by atoms with van der Waals surface area (Å²) in [7, 11) is -0.888. The highest BCUT2D eigenvalue weighted by Gasteiger charge is 2.24. The Bertz CT molecular complexity index is 563. The minimum absolute atomic E-state index is 0.0316. The molecule has 0 spiro atoms. The summed E-state index contributed by atoms with van der Waals surface area (Å²) in [5, 5.41) is 0.283. The molecule has 1 aromatic rings. The van der Waals surface area contributed by atoms with E-state index in [-0.39, 0.29) is 34.9 Å². The number of halogens is 1. The van der Waals surface area contributed by atoms with Gasteiger partial charge in [0.15, 0.2) is 0 Å². The fraction of sp³-hybridized carbons (Fsp3) is 0.500. The van der Waals surface area contributed by atoms with Crippen molar-refractivity contribution in [1.82, 2.24) is 4.72 Å². The molecule has 0 aliphatic rings. The maximum absolute atomic E-state index is 12.4. The Morgan fingerprint density at radius 2 is 2.05 bits per heavy atom. The molecular weight excluding hydrogens is 304 g/mol. The molecule has 0 radical (unpaired) electrons. The first kappa shape index (κ1) is 17.2. The molecule has 0 bridgehead atoms. The summed E-state index contributed by atoms with van der Waals surface area (Å²) in [6.07, 6.45) is 0. The molecule has 8 heteroatoms. The molecule has 1 rings (SSSR count). The summed E-state index contributed by atoms with van der Waals surface area (Å²) in [5.74, 6) is 0.203. The highest BCUT2D eigenvalue weighted by atomic mass is 35.5. The minimum Gasteiger partial charge on any atom is -0.495 e. The number of nitrogens with one attached hydrogen (secondary N) is 1. The SMILES string of the molecule is COCC(C)NS(=O)(=O)c1cc(Cl)cc(CN)c1OC. The Balaban J connectivity index is 3.26. The van der Waals surface area contributed by atoms with Crippen LogP contribution in [0.3, 0.4) is 0 Å². The number of sulfonamides is 1. The molecule has 0 saturated carbocycles. The second-order valence-corrected chi connectivity index (χ2v) is 6.40. The number of methoxy groups -OCH3 is 2. The van der Waals surface area contributed by atoms with Crippen molar-refractivity contribution in [3.05, 3.63) is 22.7 Å². The van der Waals surface area contributed by atoms with Gasteiger partial charge < -0.3 is 15.2 Å². The molecule has 0 aliphatic heterocycles. The summed E-state index contributed by atoms with van der Waals surface area (Å²) >= 11 is 5.93. The molecule has 1 atom stereocenters. The van der Waals surface area contributed by atoms with Gasteiger partial charge in [0.2, 0.25) is 10.0 Å². The molecule has 3 N–H and O–H groups in total. The molecule has 0 aliphatic carbocycles. The molecule has 1 unspecified atom stereocenters. The van der Waals surface area contributed by atoms with Crippen LogP contribution >= 0.6 is 11.6 Å². The Morgan fingerprint density at radius 3 is 2.55 bits per heavy atom. The van der Waals surface area contributed by atoms with Crippen LogP contribution in [0.15, 0.2) is 17.0 Å². The van der Waals surface area contributed by atoms with E-state index < -0.39 is 10.0 Å². The van der Waals surface area contributed by atoms with E-state index >= 15 is 0 Å². The van der Waals surface area contributed by atoms with E-state index in [1.807, 2.05) is 0 Å². The summed E-state index contributed by atoms with van der Waals surface area (Å²) in [4.78, 5) is -0.0316. The van der Waals surface area contributed by atoms with Crippen molar-refractivity contribution in [3.63, 3.8) is 0 Å². The Kier molecular flexibility index (Phi) is 6.22. The van der Waals surface area contributed by atoms with E-state index in [2.05, 4.69) is 4.72 Å². The van der Waals surface area contributed by atoms with E-state index in [1.54, 1.807) is 13.0 Å². The van der Waals surface area contributed by atoms with Crippen molar-refractivity contribution in [2.45, 2.75) is 24.4 Å². The van der Waals surface area contributed by atoms with Crippen LogP contribution in [-0.4, -0.2) is 35.3 Å². The molecule has 20 heavy (non-hydrogen) atoms. The van der Waals surface area contributed by atoms with Gasteiger partial charge in [0.05, 0.1) is 13.7 Å². The number of nitrogens with two attached hydrogens (primary N) is 1. The van der Waals surface area contributed by atoms with Gasteiger partial charge in [-0.05, 0) is 19.1 Å². The highest BCUT2D eigenvalue weighted by Crippen LogP contribution is 2.31. The zero-order valence-corrected chi connectivity index (χ0v) is 13.2. The molecule has 0 aromatic heterocycles.